The maximum absolute atomic E-state index is 12.5. The summed E-state index contributed by atoms with van der Waals surface area (Å²) < 4.78 is 9.80. The number of amides is 1. The van der Waals surface area contributed by atoms with Crippen LogP contribution in [0.2, 0.25) is 0 Å². The van der Waals surface area contributed by atoms with Crippen LogP contribution in [0.1, 0.15) is 41.3 Å². The van der Waals surface area contributed by atoms with E-state index in [4.69, 9.17) is 9.26 Å². The van der Waals surface area contributed by atoms with Gasteiger partial charge in [-0.2, -0.15) is 0 Å². The van der Waals surface area contributed by atoms with Gasteiger partial charge in [-0.05, 0) is 38.2 Å². The van der Waals surface area contributed by atoms with Crippen LogP contribution >= 0.6 is 11.3 Å². The third kappa shape index (κ3) is 4.37. The smallest absolute Gasteiger partial charge is 0.306 e. The number of aromatic amines is 1. The number of ether oxygens (including phenoxy) is 1. The van der Waals surface area contributed by atoms with E-state index >= 15 is 0 Å². The van der Waals surface area contributed by atoms with Crippen molar-refractivity contribution >= 4 is 39.2 Å². The van der Waals surface area contributed by atoms with Gasteiger partial charge >= 0.3 is 5.97 Å². The lowest BCUT2D eigenvalue weighted by Gasteiger charge is -2.09. The Morgan fingerprint density at radius 3 is 2.97 bits per heavy atom. The fraction of sp³-hybridized carbons (Fsp3) is 0.421. The molecule has 0 atom stereocenters. The molecule has 3 aromatic heterocycles. The first kappa shape index (κ1) is 19.3. The third-order valence-electron chi connectivity index (χ3n) is 4.70. The Morgan fingerprint density at radius 2 is 2.17 bits per heavy atom. The van der Waals surface area contributed by atoms with Crippen molar-refractivity contribution in [2.45, 2.75) is 45.4 Å². The Morgan fingerprint density at radius 1 is 1.34 bits per heavy atom. The lowest BCUT2D eigenvalue weighted by Crippen LogP contribution is -2.21. The fourth-order valence-corrected chi connectivity index (χ4v) is 4.65. The molecule has 0 unspecified atom stereocenters. The zero-order chi connectivity index (χ0) is 20.4. The average Bonchev–Trinajstić information content (AvgIpc) is 3.27. The van der Waals surface area contributed by atoms with Crippen LogP contribution in [0.25, 0.3) is 10.2 Å². The number of fused-ring (bicyclic) bond motifs is 3. The van der Waals surface area contributed by atoms with Gasteiger partial charge in [0.1, 0.15) is 16.4 Å². The summed E-state index contributed by atoms with van der Waals surface area (Å²) >= 11 is 1.57. The van der Waals surface area contributed by atoms with Gasteiger partial charge in [0.2, 0.25) is 0 Å². The van der Waals surface area contributed by atoms with Crippen LogP contribution in [0.5, 0.6) is 0 Å². The lowest BCUT2D eigenvalue weighted by molar-refractivity contribution is -0.147. The minimum atomic E-state index is -0.551. The summed E-state index contributed by atoms with van der Waals surface area (Å²) in [6.07, 6.45) is 4.39. The van der Waals surface area contributed by atoms with Crippen LogP contribution in [0.4, 0.5) is 5.82 Å². The normalized spacial score (nSPS) is 13.3. The van der Waals surface area contributed by atoms with Gasteiger partial charge in [-0.25, -0.2) is 4.98 Å². The van der Waals surface area contributed by atoms with Gasteiger partial charge in [0.25, 0.3) is 11.5 Å². The number of carbonyl (C=O) groups excluding carboxylic acids is 2. The highest BCUT2D eigenvalue weighted by molar-refractivity contribution is 7.18. The van der Waals surface area contributed by atoms with Crippen LogP contribution in [-0.2, 0) is 33.6 Å². The number of rotatable bonds is 6. The molecular weight excluding hydrogens is 396 g/mol. The van der Waals surface area contributed by atoms with E-state index < -0.39 is 18.5 Å². The number of H-pyrrole nitrogens is 1. The topological polar surface area (TPSA) is 127 Å². The molecule has 10 heteroatoms. The highest BCUT2D eigenvalue weighted by Gasteiger charge is 2.20. The van der Waals surface area contributed by atoms with Crippen molar-refractivity contribution in [3.8, 4) is 0 Å². The number of carbonyl (C=O) groups is 2. The summed E-state index contributed by atoms with van der Waals surface area (Å²) in [6, 6.07) is 1.56. The minimum absolute atomic E-state index is 0.00981. The van der Waals surface area contributed by atoms with E-state index in [0.29, 0.717) is 17.0 Å². The number of anilines is 1. The Balaban J connectivity index is 1.32. The van der Waals surface area contributed by atoms with E-state index in [-0.39, 0.29) is 24.2 Å². The summed E-state index contributed by atoms with van der Waals surface area (Å²) in [7, 11) is 0. The molecular formula is C19H20N4O5S. The van der Waals surface area contributed by atoms with Crippen LogP contribution in [0.15, 0.2) is 15.4 Å². The third-order valence-corrected chi connectivity index (χ3v) is 5.89. The zero-order valence-corrected chi connectivity index (χ0v) is 16.7. The molecule has 0 bridgehead atoms. The van der Waals surface area contributed by atoms with Gasteiger partial charge in [-0.3, -0.25) is 14.4 Å². The summed E-state index contributed by atoms with van der Waals surface area (Å²) in [6.45, 7) is 1.27. The predicted octanol–water partition coefficient (Wildman–Crippen LogP) is 2.27. The highest BCUT2D eigenvalue weighted by Crippen LogP contribution is 2.33. The second-order valence-electron chi connectivity index (χ2n) is 6.94. The first-order valence-electron chi connectivity index (χ1n) is 9.42. The number of esters is 1. The van der Waals surface area contributed by atoms with Crippen molar-refractivity contribution in [2.24, 2.45) is 0 Å². The van der Waals surface area contributed by atoms with E-state index in [1.165, 1.54) is 4.88 Å². The monoisotopic (exact) mass is 416 g/mol. The second kappa shape index (κ2) is 8.16. The Hall–Kier alpha value is -3.01. The first-order valence-corrected chi connectivity index (χ1v) is 10.2. The van der Waals surface area contributed by atoms with Gasteiger partial charge in [0.05, 0.1) is 11.8 Å². The number of nitrogens with one attached hydrogen (secondary N) is 2. The Kier molecular flexibility index (Phi) is 5.43. The number of aromatic nitrogens is 3. The van der Waals surface area contributed by atoms with Crippen molar-refractivity contribution < 1.29 is 18.8 Å². The Labute approximate surface area is 169 Å². The fourth-order valence-electron chi connectivity index (χ4n) is 3.37. The quantitative estimate of drug-likeness (QED) is 0.590. The van der Waals surface area contributed by atoms with E-state index in [9.17, 15) is 14.4 Å². The zero-order valence-electron chi connectivity index (χ0n) is 15.9. The molecule has 0 radical (unpaired) electrons. The molecule has 4 rings (SSSR count). The largest absolute Gasteiger partial charge is 0.456 e. The van der Waals surface area contributed by atoms with E-state index in [0.717, 1.165) is 36.1 Å². The SMILES string of the molecule is Cc1cc(NC(=O)COC(=O)CCc2nc3sc4c(c3c(=O)[nH]2)CCCC4)no1. The van der Waals surface area contributed by atoms with Gasteiger partial charge in [0.15, 0.2) is 12.4 Å². The van der Waals surface area contributed by atoms with Crippen molar-refractivity contribution in [1.29, 1.82) is 0 Å². The summed E-state index contributed by atoms with van der Waals surface area (Å²) in [5, 5.41) is 6.78. The first-order chi connectivity index (χ1) is 14.0. The van der Waals surface area contributed by atoms with E-state index in [1.54, 1.807) is 24.3 Å². The second-order valence-corrected chi connectivity index (χ2v) is 8.02. The maximum Gasteiger partial charge on any atom is 0.306 e. The molecule has 0 spiro atoms. The Bertz CT molecular complexity index is 1130. The molecule has 3 heterocycles. The number of aryl methyl sites for hydroxylation is 4. The van der Waals surface area contributed by atoms with Crippen molar-refractivity contribution in [3.63, 3.8) is 0 Å². The van der Waals surface area contributed by atoms with Crippen LogP contribution in [0.3, 0.4) is 0 Å². The number of hydrogen-bond donors (Lipinski definition) is 2. The molecule has 3 aromatic rings. The summed E-state index contributed by atoms with van der Waals surface area (Å²) in [5.41, 5.74) is 0.976. The molecule has 2 N–H and O–H groups in total. The van der Waals surface area contributed by atoms with Crippen LogP contribution in [-0.4, -0.2) is 33.6 Å². The van der Waals surface area contributed by atoms with Gasteiger partial charge in [-0.1, -0.05) is 5.16 Å². The standard InChI is InChI=1S/C19H20N4O5S/c1-10-8-14(23-28-10)20-15(24)9-27-16(25)7-6-13-21-18(26)17-11-4-2-3-5-12(11)29-19(17)22-13/h8H,2-7,9H2,1H3,(H,20,23,24)(H,21,22,26). The van der Waals surface area contributed by atoms with Gasteiger partial charge < -0.3 is 19.6 Å². The van der Waals surface area contributed by atoms with E-state index in [1.807, 2.05) is 0 Å². The molecule has 29 heavy (non-hydrogen) atoms. The minimum Gasteiger partial charge on any atom is -0.456 e. The average molecular weight is 416 g/mol. The van der Waals surface area contributed by atoms with Crippen molar-refractivity contribution in [1.82, 2.24) is 15.1 Å². The van der Waals surface area contributed by atoms with Crippen LogP contribution in [0, 0.1) is 6.92 Å². The number of hydrogen-bond acceptors (Lipinski definition) is 8. The molecule has 0 aromatic carbocycles. The van der Waals surface area contributed by atoms with Gasteiger partial charge in [0, 0.05) is 17.4 Å². The molecule has 0 saturated heterocycles. The molecule has 0 aliphatic heterocycles. The molecule has 1 aliphatic rings. The summed E-state index contributed by atoms with van der Waals surface area (Å²) in [5.74, 6) is 0.202. The molecule has 1 aliphatic carbocycles. The number of nitrogens with zero attached hydrogens (tertiary/aromatic N) is 2. The van der Waals surface area contributed by atoms with Gasteiger partial charge in [-0.15, -0.1) is 11.3 Å². The molecule has 1 amide bonds. The summed E-state index contributed by atoms with van der Waals surface area (Å²) in [4.78, 5) is 45.5. The predicted molar refractivity (Wildman–Crippen MR) is 106 cm³/mol. The highest BCUT2D eigenvalue weighted by atomic mass is 32.1. The van der Waals surface area contributed by atoms with Crippen molar-refractivity contribution in [3.05, 3.63) is 38.4 Å². The lowest BCUT2D eigenvalue weighted by atomic mass is 9.97. The molecule has 0 saturated carbocycles. The molecule has 9 nitrogen and oxygen atoms in total. The molecule has 0 fully saturated rings. The van der Waals surface area contributed by atoms with Crippen molar-refractivity contribution in [2.75, 3.05) is 11.9 Å². The maximum atomic E-state index is 12.5. The molecule has 152 valence electrons. The van der Waals surface area contributed by atoms with Crippen LogP contribution < -0.4 is 10.9 Å². The number of thiophene rings is 1. The van der Waals surface area contributed by atoms with E-state index in [2.05, 4.69) is 20.4 Å².